The first kappa shape index (κ1) is 16.5. The van der Waals surface area contributed by atoms with E-state index in [1.807, 2.05) is 47.1 Å². The van der Waals surface area contributed by atoms with Crippen molar-refractivity contribution in [2.24, 2.45) is 0 Å². The molecule has 0 fully saturated rings. The number of rotatable bonds is 4. The molecule has 0 aliphatic carbocycles. The van der Waals surface area contributed by atoms with Gasteiger partial charge in [0.15, 0.2) is 0 Å². The number of nitrogens with one attached hydrogen (secondary N) is 1. The molecule has 4 rings (SSSR count). The van der Waals surface area contributed by atoms with Crippen molar-refractivity contribution in [3.05, 3.63) is 71.8 Å². The van der Waals surface area contributed by atoms with Crippen molar-refractivity contribution >= 4 is 11.6 Å². The van der Waals surface area contributed by atoms with E-state index in [1.165, 1.54) is 11.1 Å². The van der Waals surface area contributed by atoms with Crippen LogP contribution < -0.4 is 5.32 Å². The largest absolute Gasteiger partial charge is 0.326 e. The molecule has 2 heterocycles. The van der Waals surface area contributed by atoms with Gasteiger partial charge in [-0.25, -0.2) is 9.67 Å². The van der Waals surface area contributed by atoms with Crippen LogP contribution in [0.3, 0.4) is 0 Å². The Morgan fingerprint density at radius 3 is 2.81 bits per heavy atom. The van der Waals surface area contributed by atoms with Crippen LogP contribution in [0.4, 0.5) is 5.69 Å². The van der Waals surface area contributed by atoms with E-state index in [4.69, 9.17) is 0 Å². The van der Waals surface area contributed by atoms with Crippen LogP contribution in [0.5, 0.6) is 0 Å². The number of carbonyl (C=O) groups excluding carboxylic acids is 1. The number of nitrogens with zero attached hydrogens (tertiary/aromatic N) is 4. The molecule has 1 amide bonds. The summed E-state index contributed by atoms with van der Waals surface area (Å²) in [4.78, 5) is 18.2. The van der Waals surface area contributed by atoms with Gasteiger partial charge in [0.2, 0.25) is 5.91 Å². The summed E-state index contributed by atoms with van der Waals surface area (Å²) in [6, 6.07) is 16.2. The van der Waals surface area contributed by atoms with Crippen LogP contribution in [-0.4, -0.2) is 32.1 Å². The number of aromatic nitrogens is 3. The molecule has 0 atom stereocenters. The van der Waals surface area contributed by atoms with Crippen molar-refractivity contribution in [3.63, 3.8) is 0 Å². The molecule has 0 spiro atoms. The smallest absolute Gasteiger partial charge is 0.221 e. The molecule has 2 aromatic carbocycles. The summed E-state index contributed by atoms with van der Waals surface area (Å²) in [7, 11) is 0. The van der Waals surface area contributed by atoms with Crippen LogP contribution >= 0.6 is 0 Å². The first-order valence-electron chi connectivity index (χ1n) is 8.76. The summed E-state index contributed by atoms with van der Waals surface area (Å²) in [6.45, 7) is 4.04. The standard InChI is InChI=1S/C20H21N5O/c1-15(26)23-19-9-5-6-16-12-24(11-10-18(16)19)13-20-21-14-22-25(20)17-7-3-2-4-8-17/h2-9,14H,10-13H2,1H3,(H,23,26). The van der Waals surface area contributed by atoms with Gasteiger partial charge in [-0.1, -0.05) is 30.3 Å². The normalized spacial score (nSPS) is 14.0. The summed E-state index contributed by atoms with van der Waals surface area (Å²) in [5.74, 6) is 0.898. The van der Waals surface area contributed by atoms with E-state index in [0.717, 1.165) is 43.3 Å². The summed E-state index contributed by atoms with van der Waals surface area (Å²) >= 11 is 0. The second kappa shape index (κ2) is 7.09. The molecule has 1 aromatic heterocycles. The molecule has 1 aliphatic rings. The van der Waals surface area contributed by atoms with Crippen molar-refractivity contribution in [1.82, 2.24) is 19.7 Å². The first-order chi connectivity index (χ1) is 12.7. The molecule has 0 bridgehead atoms. The average Bonchev–Trinajstić information content (AvgIpc) is 3.10. The summed E-state index contributed by atoms with van der Waals surface area (Å²) in [5.41, 5.74) is 4.45. The Hall–Kier alpha value is -2.99. The van der Waals surface area contributed by atoms with Gasteiger partial charge < -0.3 is 5.32 Å². The van der Waals surface area contributed by atoms with Crippen LogP contribution in [0.15, 0.2) is 54.9 Å². The number of carbonyl (C=O) groups is 1. The molecular formula is C20H21N5O. The van der Waals surface area contributed by atoms with Gasteiger partial charge in [0.25, 0.3) is 0 Å². The van der Waals surface area contributed by atoms with Gasteiger partial charge in [-0.3, -0.25) is 9.69 Å². The number of hydrogen-bond acceptors (Lipinski definition) is 4. The third-order valence-corrected chi connectivity index (χ3v) is 4.64. The number of fused-ring (bicyclic) bond motifs is 1. The fourth-order valence-corrected chi connectivity index (χ4v) is 3.47. The van der Waals surface area contributed by atoms with Gasteiger partial charge in [-0.15, -0.1) is 0 Å². The predicted molar refractivity (Wildman–Crippen MR) is 99.9 cm³/mol. The van der Waals surface area contributed by atoms with E-state index in [1.54, 1.807) is 13.3 Å². The van der Waals surface area contributed by atoms with Gasteiger partial charge >= 0.3 is 0 Å². The molecule has 0 saturated heterocycles. The van der Waals surface area contributed by atoms with Gasteiger partial charge in [0.1, 0.15) is 12.2 Å². The molecule has 132 valence electrons. The van der Waals surface area contributed by atoms with E-state index in [-0.39, 0.29) is 5.91 Å². The maximum Gasteiger partial charge on any atom is 0.221 e. The minimum Gasteiger partial charge on any atom is -0.326 e. The topological polar surface area (TPSA) is 63.1 Å². The summed E-state index contributed by atoms with van der Waals surface area (Å²) in [5, 5.41) is 7.31. The second-order valence-electron chi connectivity index (χ2n) is 6.51. The highest BCUT2D eigenvalue weighted by Gasteiger charge is 2.21. The third kappa shape index (κ3) is 3.36. The molecular weight excluding hydrogens is 326 g/mol. The van der Waals surface area contributed by atoms with Crippen LogP contribution in [0.25, 0.3) is 5.69 Å². The van der Waals surface area contributed by atoms with Gasteiger partial charge in [0, 0.05) is 25.7 Å². The van der Waals surface area contributed by atoms with E-state index in [0.29, 0.717) is 0 Å². The molecule has 26 heavy (non-hydrogen) atoms. The third-order valence-electron chi connectivity index (χ3n) is 4.64. The second-order valence-corrected chi connectivity index (χ2v) is 6.51. The highest BCUT2D eigenvalue weighted by Crippen LogP contribution is 2.27. The van der Waals surface area contributed by atoms with Gasteiger partial charge in [-0.05, 0) is 35.7 Å². The minimum absolute atomic E-state index is 0.0307. The molecule has 0 unspecified atom stereocenters. The lowest BCUT2D eigenvalue weighted by atomic mass is 9.97. The van der Waals surface area contributed by atoms with E-state index in [9.17, 15) is 4.79 Å². The lowest BCUT2D eigenvalue weighted by Gasteiger charge is -2.29. The summed E-state index contributed by atoms with van der Waals surface area (Å²) < 4.78 is 1.89. The first-order valence-corrected chi connectivity index (χ1v) is 8.76. The van der Waals surface area contributed by atoms with Crippen molar-refractivity contribution in [2.45, 2.75) is 26.4 Å². The van der Waals surface area contributed by atoms with Crippen LogP contribution in [0.2, 0.25) is 0 Å². The lowest BCUT2D eigenvalue weighted by Crippen LogP contribution is -2.31. The Morgan fingerprint density at radius 1 is 1.15 bits per heavy atom. The predicted octanol–water partition coefficient (Wildman–Crippen LogP) is 2.78. The SMILES string of the molecule is CC(=O)Nc1cccc2c1CCN(Cc1ncnn1-c1ccccc1)C2. The van der Waals surface area contributed by atoms with E-state index in [2.05, 4.69) is 26.4 Å². The number of amides is 1. The minimum atomic E-state index is -0.0307. The Bertz CT molecular complexity index is 919. The molecule has 0 radical (unpaired) electrons. The highest BCUT2D eigenvalue weighted by molar-refractivity contribution is 5.89. The molecule has 6 heteroatoms. The van der Waals surface area contributed by atoms with Crippen molar-refractivity contribution < 1.29 is 4.79 Å². The number of benzene rings is 2. The monoisotopic (exact) mass is 347 g/mol. The maximum atomic E-state index is 11.4. The molecule has 3 aromatic rings. The lowest BCUT2D eigenvalue weighted by molar-refractivity contribution is -0.114. The fourth-order valence-electron chi connectivity index (χ4n) is 3.47. The Kier molecular flexibility index (Phi) is 4.50. The average molecular weight is 347 g/mol. The van der Waals surface area contributed by atoms with Gasteiger partial charge in [-0.2, -0.15) is 5.10 Å². The zero-order chi connectivity index (χ0) is 17.9. The van der Waals surface area contributed by atoms with E-state index >= 15 is 0 Å². The molecule has 1 aliphatic heterocycles. The zero-order valence-corrected chi connectivity index (χ0v) is 14.7. The Morgan fingerprint density at radius 2 is 2.00 bits per heavy atom. The van der Waals surface area contributed by atoms with Crippen LogP contribution in [-0.2, 0) is 24.3 Å². The number of para-hydroxylation sites is 1. The maximum absolute atomic E-state index is 11.4. The summed E-state index contributed by atoms with van der Waals surface area (Å²) in [6.07, 6.45) is 2.51. The Balaban J connectivity index is 1.53. The van der Waals surface area contributed by atoms with Crippen molar-refractivity contribution in [1.29, 1.82) is 0 Å². The zero-order valence-electron chi connectivity index (χ0n) is 14.7. The molecule has 0 saturated carbocycles. The van der Waals surface area contributed by atoms with Crippen molar-refractivity contribution in [2.75, 3.05) is 11.9 Å². The van der Waals surface area contributed by atoms with E-state index < -0.39 is 0 Å². The quantitative estimate of drug-likeness (QED) is 0.788. The fraction of sp³-hybridized carbons (Fsp3) is 0.250. The van der Waals surface area contributed by atoms with Crippen LogP contribution in [0.1, 0.15) is 23.9 Å². The Labute approximate surface area is 152 Å². The molecule has 6 nitrogen and oxygen atoms in total. The van der Waals surface area contributed by atoms with Crippen LogP contribution in [0, 0.1) is 0 Å². The van der Waals surface area contributed by atoms with Gasteiger partial charge in [0.05, 0.1) is 12.2 Å². The number of hydrogen-bond donors (Lipinski definition) is 1. The highest BCUT2D eigenvalue weighted by atomic mass is 16.1. The number of anilines is 1. The molecule has 1 N–H and O–H groups in total. The van der Waals surface area contributed by atoms with Crippen molar-refractivity contribution in [3.8, 4) is 5.69 Å².